The largest absolute Gasteiger partial charge is 0.0691 e. The second-order valence-corrected chi connectivity index (χ2v) is 15.5. The topological polar surface area (TPSA) is 0 Å². The highest BCUT2D eigenvalue weighted by Gasteiger charge is 2.60. The molecule has 5 fully saturated rings. The van der Waals surface area contributed by atoms with E-state index in [0.29, 0.717) is 0 Å². The van der Waals surface area contributed by atoms with Crippen LogP contribution in [0.1, 0.15) is 64.2 Å². The number of hydrogen-bond acceptors (Lipinski definition) is 0. The van der Waals surface area contributed by atoms with Gasteiger partial charge in [-0.3, -0.25) is 0 Å². The van der Waals surface area contributed by atoms with Crippen LogP contribution in [0, 0.1) is 29.6 Å². The Bertz CT molecular complexity index is 358. The molecule has 0 nitrogen and oxygen atoms in total. The van der Waals surface area contributed by atoms with Gasteiger partial charge < -0.3 is 0 Å². The Morgan fingerprint density at radius 1 is 0.750 bits per heavy atom. The van der Waals surface area contributed by atoms with Crippen molar-refractivity contribution in [2.75, 3.05) is 0 Å². The van der Waals surface area contributed by atoms with Crippen LogP contribution in [0.2, 0.25) is 24.7 Å². The summed E-state index contributed by atoms with van der Waals surface area (Å²) < 4.78 is 0. The lowest BCUT2D eigenvalue weighted by atomic mass is 9.48. The molecule has 5 aliphatic rings. The van der Waals surface area contributed by atoms with Gasteiger partial charge in [-0.25, -0.2) is 0 Å². The summed E-state index contributed by atoms with van der Waals surface area (Å²) in [6.07, 6.45) is 16.0. The first kappa shape index (κ1) is 13.9. The molecule has 5 rings (SSSR count). The SMILES string of the molecule is C[Si](C)(C)C12CC3C[C@H](C1)C(C1CCCCC1)[C@@H](C3)C2. The molecule has 0 aromatic carbocycles. The molecule has 0 radical (unpaired) electrons. The molecule has 5 saturated carbocycles. The van der Waals surface area contributed by atoms with Crippen molar-refractivity contribution in [3.63, 3.8) is 0 Å². The van der Waals surface area contributed by atoms with Crippen molar-refractivity contribution in [3.8, 4) is 0 Å². The highest BCUT2D eigenvalue weighted by atomic mass is 28.3. The van der Waals surface area contributed by atoms with E-state index in [1.807, 2.05) is 0 Å². The van der Waals surface area contributed by atoms with Crippen molar-refractivity contribution in [1.82, 2.24) is 0 Å². The molecule has 0 saturated heterocycles. The predicted octanol–water partition coefficient (Wildman–Crippen LogP) is 6.10. The Morgan fingerprint density at radius 3 is 1.90 bits per heavy atom. The first-order chi connectivity index (χ1) is 9.48. The van der Waals surface area contributed by atoms with Crippen LogP contribution in [0.4, 0.5) is 0 Å². The Balaban J connectivity index is 1.59. The Morgan fingerprint density at radius 2 is 1.35 bits per heavy atom. The molecule has 0 heterocycles. The first-order valence-corrected chi connectivity index (χ1v) is 13.0. The summed E-state index contributed by atoms with van der Waals surface area (Å²) in [7, 11) is -0.988. The van der Waals surface area contributed by atoms with Crippen molar-refractivity contribution >= 4 is 8.07 Å². The van der Waals surface area contributed by atoms with Gasteiger partial charge in [-0.05, 0) is 66.7 Å². The van der Waals surface area contributed by atoms with Crippen LogP contribution in [0.5, 0.6) is 0 Å². The van der Waals surface area contributed by atoms with E-state index in [-0.39, 0.29) is 0 Å². The van der Waals surface area contributed by atoms with Crippen LogP contribution in [0.25, 0.3) is 0 Å². The van der Waals surface area contributed by atoms with Gasteiger partial charge in [0.2, 0.25) is 0 Å². The first-order valence-electron chi connectivity index (χ1n) is 9.48. The Hall–Kier alpha value is 0.217. The van der Waals surface area contributed by atoms with Gasteiger partial charge in [-0.2, -0.15) is 0 Å². The summed E-state index contributed by atoms with van der Waals surface area (Å²) in [5, 5.41) is 0.856. The zero-order valence-electron chi connectivity index (χ0n) is 14.0. The average molecular weight is 291 g/mol. The van der Waals surface area contributed by atoms with Gasteiger partial charge in [-0.1, -0.05) is 51.7 Å². The molecule has 0 aromatic heterocycles. The van der Waals surface area contributed by atoms with E-state index in [9.17, 15) is 0 Å². The molecule has 0 N–H and O–H groups in total. The second kappa shape index (κ2) is 4.60. The molecular formula is C19H34Si. The summed E-state index contributed by atoms with van der Waals surface area (Å²) in [5.41, 5.74) is 0. The maximum absolute atomic E-state index is 2.68. The van der Waals surface area contributed by atoms with E-state index >= 15 is 0 Å². The smallest absolute Gasteiger partial charge is 0.0505 e. The fraction of sp³-hybridized carbons (Fsp3) is 1.00. The van der Waals surface area contributed by atoms with E-state index < -0.39 is 8.07 Å². The molecule has 5 aliphatic carbocycles. The molecule has 0 amide bonds. The maximum atomic E-state index is 2.68. The molecule has 5 atom stereocenters. The van der Waals surface area contributed by atoms with E-state index in [1.165, 1.54) is 6.42 Å². The molecular weight excluding hydrogens is 256 g/mol. The van der Waals surface area contributed by atoms with Crippen molar-refractivity contribution < 1.29 is 0 Å². The molecule has 1 heteroatoms. The summed E-state index contributed by atoms with van der Waals surface area (Å²) in [6, 6.07) is 0. The minimum atomic E-state index is -0.988. The maximum Gasteiger partial charge on any atom is 0.0505 e. The second-order valence-electron chi connectivity index (χ2n) is 9.98. The number of rotatable bonds is 2. The van der Waals surface area contributed by atoms with Gasteiger partial charge in [0, 0.05) is 0 Å². The summed E-state index contributed by atoms with van der Waals surface area (Å²) in [5.74, 6) is 5.74. The third-order valence-corrected chi connectivity index (χ3v) is 11.9. The van der Waals surface area contributed by atoms with Crippen LogP contribution in [0.15, 0.2) is 0 Å². The number of hydrogen-bond donors (Lipinski definition) is 0. The molecule has 114 valence electrons. The fourth-order valence-corrected chi connectivity index (χ4v) is 9.92. The van der Waals surface area contributed by atoms with Crippen LogP contribution < -0.4 is 0 Å². The minimum Gasteiger partial charge on any atom is -0.0691 e. The summed E-state index contributed by atoms with van der Waals surface area (Å²) in [6.45, 7) is 8.03. The van der Waals surface area contributed by atoms with Gasteiger partial charge in [-0.15, -0.1) is 0 Å². The Kier molecular flexibility index (Phi) is 3.19. The van der Waals surface area contributed by atoms with E-state index in [4.69, 9.17) is 0 Å². The normalized spacial score (nSPS) is 48.8. The van der Waals surface area contributed by atoms with Crippen LogP contribution in [-0.2, 0) is 0 Å². The quantitative estimate of drug-likeness (QED) is 0.539. The lowest BCUT2D eigenvalue weighted by molar-refractivity contribution is -0.0637. The van der Waals surface area contributed by atoms with E-state index in [2.05, 4.69) is 19.6 Å². The minimum absolute atomic E-state index is 0.856. The third-order valence-electron chi connectivity index (χ3n) is 8.13. The zero-order valence-corrected chi connectivity index (χ0v) is 15.0. The molecule has 20 heavy (non-hydrogen) atoms. The van der Waals surface area contributed by atoms with E-state index in [1.54, 1.807) is 57.8 Å². The fourth-order valence-electron chi connectivity index (χ4n) is 7.27. The van der Waals surface area contributed by atoms with Gasteiger partial charge in [0.25, 0.3) is 0 Å². The van der Waals surface area contributed by atoms with Gasteiger partial charge in [0.1, 0.15) is 0 Å². The third kappa shape index (κ3) is 1.98. The molecule has 0 aromatic rings. The summed E-state index contributed by atoms with van der Waals surface area (Å²) in [4.78, 5) is 0. The standard InChI is InChI=1S/C19H34Si/c1-20(2,3)19-11-14-9-16(12-19)18(17(10-14)13-19)15-7-5-4-6-8-15/h14-18H,4-13H2,1-3H3/t14?,16-,17+,18?,19?. The molecule has 0 spiro atoms. The van der Waals surface area contributed by atoms with Crippen LogP contribution >= 0.6 is 0 Å². The van der Waals surface area contributed by atoms with Gasteiger partial charge >= 0.3 is 0 Å². The summed E-state index contributed by atoms with van der Waals surface area (Å²) >= 11 is 0. The van der Waals surface area contributed by atoms with Crippen LogP contribution in [-0.4, -0.2) is 8.07 Å². The molecule has 4 bridgehead atoms. The lowest BCUT2D eigenvalue weighted by Crippen LogP contribution is -2.57. The van der Waals surface area contributed by atoms with Gasteiger partial charge in [0.05, 0.1) is 8.07 Å². The molecule has 0 aliphatic heterocycles. The monoisotopic (exact) mass is 290 g/mol. The van der Waals surface area contributed by atoms with Gasteiger partial charge in [0.15, 0.2) is 0 Å². The average Bonchev–Trinajstić information content (AvgIpc) is 2.37. The van der Waals surface area contributed by atoms with E-state index in [0.717, 1.165) is 34.6 Å². The van der Waals surface area contributed by atoms with Crippen LogP contribution in [0.3, 0.4) is 0 Å². The predicted molar refractivity (Wildman–Crippen MR) is 89.7 cm³/mol. The highest BCUT2D eigenvalue weighted by molar-refractivity contribution is 6.79. The van der Waals surface area contributed by atoms with Crippen molar-refractivity contribution in [2.45, 2.75) is 88.9 Å². The Labute approximate surface area is 127 Å². The van der Waals surface area contributed by atoms with Crippen molar-refractivity contribution in [2.24, 2.45) is 29.6 Å². The lowest BCUT2D eigenvalue weighted by Gasteiger charge is -2.65. The highest BCUT2D eigenvalue weighted by Crippen LogP contribution is 2.70. The van der Waals surface area contributed by atoms with Crippen molar-refractivity contribution in [3.05, 3.63) is 0 Å². The van der Waals surface area contributed by atoms with Crippen molar-refractivity contribution in [1.29, 1.82) is 0 Å². The zero-order chi connectivity index (χ0) is 14.0. The molecule has 3 unspecified atom stereocenters.